The molecule has 2 amide bonds. The highest BCUT2D eigenvalue weighted by Crippen LogP contribution is 2.43. The van der Waals surface area contributed by atoms with Gasteiger partial charge in [0.2, 0.25) is 0 Å². The third-order valence-electron chi connectivity index (χ3n) is 6.54. The fraction of sp³-hybridized carbons (Fsp3) is 0.241. The number of aryl methyl sites for hydroxylation is 2. The van der Waals surface area contributed by atoms with Crippen LogP contribution in [-0.4, -0.2) is 34.3 Å². The molecule has 9 heteroatoms. The van der Waals surface area contributed by atoms with Crippen molar-refractivity contribution in [3.63, 3.8) is 0 Å². The van der Waals surface area contributed by atoms with Crippen LogP contribution in [0.2, 0.25) is 0 Å². The molecule has 1 fully saturated rings. The molecule has 4 aromatic rings. The van der Waals surface area contributed by atoms with Crippen molar-refractivity contribution in [2.24, 2.45) is 0 Å². The molecule has 0 aliphatic heterocycles. The Kier molecular flexibility index (Phi) is 6.91. The van der Waals surface area contributed by atoms with E-state index in [0.29, 0.717) is 16.5 Å². The van der Waals surface area contributed by atoms with E-state index in [0.717, 1.165) is 34.5 Å². The normalized spacial score (nSPS) is 12.7. The van der Waals surface area contributed by atoms with Gasteiger partial charge in [0.25, 0.3) is 11.8 Å². The zero-order chi connectivity index (χ0) is 26.8. The molecule has 3 aromatic carbocycles. The molecule has 1 aliphatic carbocycles. The maximum absolute atomic E-state index is 15.2. The number of hydrogen-bond acceptors (Lipinski definition) is 6. The van der Waals surface area contributed by atoms with E-state index < -0.39 is 17.8 Å². The molecule has 194 valence electrons. The average molecular weight is 515 g/mol. The Bertz CT molecular complexity index is 1540. The van der Waals surface area contributed by atoms with Crippen molar-refractivity contribution in [1.29, 1.82) is 0 Å². The first-order chi connectivity index (χ1) is 18.4. The molecule has 1 aromatic heterocycles. The van der Waals surface area contributed by atoms with Gasteiger partial charge in [0.15, 0.2) is 11.6 Å². The van der Waals surface area contributed by atoms with Crippen LogP contribution in [0.25, 0.3) is 10.9 Å². The molecule has 1 heterocycles. The van der Waals surface area contributed by atoms with E-state index in [4.69, 9.17) is 9.47 Å². The number of halogens is 1. The Morgan fingerprint density at radius 1 is 1.05 bits per heavy atom. The van der Waals surface area contributed by atoms with Crippen molar-refractivity contribution in [3.05, 3.63) is 94.3 Å². The first-order valence-electron chi connectivity index (χ1n) is 12.3. The number of amides is 2. The third kappa shape index (κ3) is 5.13. The topological polar surface area (TPSA) is 93.7 Å². The fourth-order valence-electron chi connectivity index (χ4n) is 4.38. The minimum atomic E-state index is -0.754. The molecular formula is C29H27FN4O4. The van der Waals surface area contributed by atoms with Gasteiger partial charge in [0.05, 0.1) is 19.2 Å². The second-order valence-electron chi connectivity index (χ2n) is 9.36. The molecular weight excluding hydrogens is 487 g/mol. The first kappa shape index (κ1) is 25.1. The molecule has 38 heavy (non-hydrogen) atoms. The molecule has 8 nitrogen and oxygen atoms in total. The summed E-state index contributed by atoms with van der Waals surface area (Å²) < 4.78 is 26.0. The number of nitrogens with one attached hydrogen (secondary N) is 1. The maximum Gasteiger partial charge on any atom is 0.428 e. The van der Waals surface area contributed by atoms with Gasteiger partial charge >= 0.3 is 6.09 Å². The molecule has 0 spiro atoms. The summed E-state index contributed by atoms with van der Waals surface area (Å²) in [6.07, 6.45) is 1.09. The fourth-order valence-corrected chi connectivity index (χ4v) is 4.38. The number of hydrogen-bond donors (Lipinski definition) is 1. The Labute approximate surface area is 219 Å². The van der Waals surface area contributed by atoms with Crippen LogP contribution in [0.3, 0.4) is 0 Å². The van der Waals surface area contributed by atoms with Crippen LogP contribution in [-0.2, 0) is 11.3 Å². The Hall–Kier alpha value is -4.53. The maximum atomic E-state index is 15.2. The highest BCUT2D eigenvalue weighted by atomic mass is 19.1. The molecule has 0 radical (unpaired) electrons. The average Bonchev–Trinajstić information content (AvgIpc) is 3.75. The second kappa shape index (κ2) is 10.5. The summed E-state index contributed by atoms with van der Waals surface area (Å²) in [7, 11) is 1.23. The van der Waals surface area contributed by atoms with Crippen molar-refractivity contribution in [1.82, 2.24) is 20.6 Å². The number of benzene rings is 3. The molecule has 1 aliphatic rings. The van der Waals surface area contributed by atoms with E-state index >= 15 is 4.39 Å². The van der Waals surface area contributed by atoms with Gasteiger partial charge in [-0.15, -0.1) is 10.2 Å². The van der Waals surface area contributed by atoms with Gasteiger partial charge in [-0.25, -0.2) is 14.2 Å². The predicted octanol–water partition coefficient (Wildman–Crippen LogP) is 5.97. The lowest BCUT2D eigenvalue weighted by Gasteiger charge is -2.23. The SMILES string of the molecule is COC(=O)N(Cc1ccc(C)cc1C)NC(=O)c1c(Oc2cccc(C3CC3)c2F)nnc2ccccc12. The van der Waals surface area contributed by atoms with Crippen LogP contribution >= 0.6 is 0 Å². The van der Waals surface area contributed by atoms with Gasteiger partial charge in [-0.05, 0) is 61.4 Å². The van der Waals surface area contributed by atoms with Crippen LogP contribution in [0.1, 0.15) is 51.4 Å². The minimum Gasteiger partial charge on any atom is -0.452 e. The predicted molar refractivity (Wildman–Crippen MR) is 139 cm³/mol. The molecule has 0 unspecified atom stereocenters. The van der Waals surface area contributed by atoms with Gasteiger partial charge in [0.1, 0.15) is 5.56 Å². The number of fused-ring (bicyclic) bond motifs is 1. The molecule has 0 atom stereocenters. The summed E-state index contributed by atoms with van der Waals surface area (Å²) in [6.45, 7) is 3.97. The largest absolute Gasteiger partial charge is 0.452 e. The number of carbonyl (C=O) groups is 2. The number of aromatic nitrogens is 2. The summed E-state index contributed by atoms with van der Waals surface area (Å²) in [4.78, 5) is 26.3. The summed E-state index contributed by atoms with van der Waals surface area (Å²) in [5.74, 6) is -1.22. The lowest BCUT2D eigenvalue weighted by Crippen LogP contribution is -2.46. The quantitative estimate of drug-likeness (QED) is 0.319. The zero-order valence-electron chi connectivity index (χ0n) is 21.3. The first-order valence-corrected chi connectivity index (χ1v) is 12.3. The lowest BCUT2D eigenvalue weighted by molar-refractivity contribution is 0.0689. The highest BCUT2D eigenvalue weighted by Gasteiger charge is 2.29. The van der Waals surface area contributed by atoms with E-state index in [9.17, 15) is 9.59 Å². The lowest BCUT2D eigenvalue weighted by atomic mass is 10.1. The van der Waals surface area contributed by atoms with Gasteiger partial charge < -0.3 is 9.47 Å². The number of rotatable bonds is 6. The van der Waals surface area contributed by atoms with Crippen LogP contribution in [0.5, 0.6) is 11.6 Å². The summed E-state index contributed by atoms with van der Waals surface area (Å²) in [5, 5.41) is 9.77. The second-order valence-corrected chi connectivity index (χ2v) is 9.36. The number of hydrazine groups is 1. The molecule has 0 saturated heterocycles. The van der Waals surface area contributed by atoms with Crippen LogP contribution < -0.4 is 10.2 Å². The summed E-state index contributed by atoms with van der Waals surface area (Å²) in [6, 6.07) is 17.6. The van der Waals surface area contributed by atoms with Gasteiger partial charge in [-0.3, -0.25) is 10.2 Å². The van der Waals surface area contributed by atoms with E-state index in [-0.39, 0.29) is 29.7 Å². The molecule has 1 saturated carbocycles. The van der Waals surface area contributed by atoms with Crippen molar-refractivity contribution in [2.75, 3.05) is 7.11 Å². The Morgan fingerprint density at radius 3 is 2.58 bits per heavy atom. The number of carbonyl (C=O) groups excluding carboxylic acids is 2. The smallest absolute Gasteiger partial charge is 0.428 e. The third-order valence-corrected chi connectivity index (χ3v) is 6.54. The van der Waals surface area contributed by atoms with Crippen molar-refractivity contribution < 1.29 is 23.5 Å². The highest BCUT2D eigenvalue weighted by molar-refractivity contribution is 6.08. The van der Waals surface area contributed by atoms with E-state index in [1.165, 1.54) is 13.2 Å². The van der Waals surface area contributed by atoms with Gasteiger partial charge in [-0.1, -0.05) is 54.1 Å². The van der Waals surface area contributed by atoms with E-state index in [2.05, 4.69) is 15.6 Å². The van der Waals surface area contributed by atoms with Crippen molar-refractivity contribution >= 4 is 22.9 Å². The van der Waals surface area contributed by atoms with Crippen LogP contribution in [0.4, 0.5) is 9.18 Å². The number of methoxy groups -OCH3 is 1. The Morgan fingerprint density at radius 2 is 1.84 bits per heavy atom. The summed E-state index contributed by atoms with van der Waals surface area (Å²) in [5.41, 5.74) is 6.52. The number of nitrogens with zero attached hydrogens (tertiary/aromatic N) is 3. The van der Waals surface area contributed by atoms with Crippen LogP contribution in [0.15, 0.2) is 60.7 Å². The van der Waals surface area contributed by atoms with E-state index in [1.54, 1.807) is 36.4 Å². The van der Waals surface area contributed by atoms with Gasteiger partial charge in [0, 0.05) is 5.39 Å². The minimum absolute atomic E-state index is 0.0151. The van der Waals surface area contributed by atoms with Crippen molar-refractivity contribution in [2.45, 2.75) is 39.2 Å². The molecule has 1 N–H and O–H groups in total. The standard InChI is InChI=1S/C29H27FN4O4/c1-17-11-12-20(18(2)15-17)16-34(29(36)37-3)33-27(35)25-22-7-4-5-9-23(22)31-32-28(25)38-24-10-6-8-21(26(24)30)19-13-14-19/h4-12,15,19H,13-14,16H2,1-3H3,(H,33,35). The monoisotopic (exact) mass is 514 g/mol. The summed E-state index contributed by atoms with van der Waals surface area (Å²) >= 11 is 0. The van der Waals surface area contributed by atoms with Gasteiger partial charge in [-0.2, -0.15) is 0 Å². The molecule has 5 rings (SSSR count). The van der Waals surface area contributed by atoms with Crippen molar-refractivity contribution in [3.8, 4) is 11.6 Å². The molecule has 0 bridgehead atoms. The zero-order valence-corrected chi connectivity index (χ0v) is 21.3. The number of ether oxygens (including phenoxy) is 2. The van der Waals surface area contributed by atoms with E-state index in [1.807, 2.05) is 32.0 Å². The van der Waals surface area contributed by atoms with Crippen LogP contribution in [0, 0.1) is 19.7 Å². The Balaban J connectivity index is 1.51.